The molecule has 0 saturated carbocycles. The van der Waals surface area contributed by atoms with E-state index < -0.39 is 0 Å². The first-order valence-corrected chi connectivity index (χ1v) is 9.28. The number of rotatable bonds is 6. The fraction of sp³-hybridized carbons (Fsp3) is 0.500. The van der Waals surface area contributed by atoms with Crippen LogP contribution in [0, 0.1) is 0 Å². The van der Waals surface area contributed by atoms with E-state index in [1.807, 2.05) is 41.3 Å². The zero-order chi connectivity index (χ0) is 18.4. The topological polar surface area (TPSA) is 61.9 Å². The van der Waals surface area contributed by atoms with E-state index in [9.17, 15) is 9.59 Å². The Morgan fingerprint density at radius 1 is 1.27 bits per heavy atom. The van der Waals surface area contributed by atoms with Crippen LogP contribution < -0.4 is 10.1 Å². The van der Waals surface area contributed by atoms with Gasteiger partial charge in [-0.2, -0.15) is 0 Å². The Hall–Kier alpha value is -2.34. The van der Waals surface area contributed by atoms with Gasteiger partial charge in [0.15, 0.2) is 0 Å². The normalized spacial score (nSPS) is 21.2. The van der Waals surface area contributed by atoms with Gasteiger partial charge in [0, 0.05) is 38.3 Å². The number of nitrogens with zero attached hydrogens (tertiary/aromatic N) is 2. The number of para-hydroxylation sites is 1. The molecule has 3 rings (SSSR count). The van der Waals surface area contributed by atoms with Crippen molar-refractivity contribution in [1.82, 2.24) is 15.1 Å². The van der Waals surface area contributed by atoms with Gasteiger partial charge < -0.3 is 15.0 Å². The number of likely N-dealkylation sites (tertiary alicyclic amines) is 1. The second kappa shape index (κ2) is 8.85. The lowest BCUT2D eigenvalue weighted by Gasteiger charge is -2.34. The van der Waals surface area contributed by atoms with Crippen molar-refractivity contribution < 1.29 is 14.3 Å². The molecule has 2 amide bonds. The third-order valence-corrected chi connectivity index (χ3v) is 5.04. The van der Waals surface area contributed by atoms with Crippen LogP contribution in [-0.2, 0) is 9.59 Å². The highest BCUT2D eigenvalue weighted by atomic mass is 16.5. The molecule has 2 heterocycles. The summed E-state index contributed by atoms with van der Waals surface area (Å²) in [5, 5.41) is 2.89. The third-order valence-electron chi connectivity index (χ3n) is 5.04. The molecule has 26 heavy (non-hydrogen) atoms. The van der Waals surface area contributed by atoms with Crippen LogP contribution >= 0.6 is 0 Å². The second-order valence-corrected chi connectivity index (χ2v) is 6.74. The summed E-state index contributed by atoms with van der Waals surface area (Å²) >= 11 is 0. The van der Waals surface area contributed by atoms with E-state index in [-0.39, 0.29) is 24.3 Å². The molecule has 2 aliphatic rings. The highest BCUT2D eigenvalue weighted by molar-refractivity contribution is 5.89. The number of methoxy groups -OCH3 is 1. The van der Waals surface area contributed by atoms with Crippen molar-refractivity contribution in [2.75, 3.05) is 39.8 Å². The van der Waals surface area contributed by atoms with Crippen LogP contribution in [0.3, 0.4) is 0 Å². The van der Waals surface area contributed by atoms with E-state index in [1.54, 1.807) is 7.11 Å². The van der Waals surface area contributed by atoms with Gasteiger partial charge in [-0.05, 0) is 18.9 Å². The fourth-order valence-corrected chi connectivity index (χ4v) is 3.58. The van der Waals surface area contributed by atoms with Crippen LogP contribution in [-0.4, -0.2) is 67.5 Å². The number of nitrogens with one attached hydrogen (secondary N) is 1. The largest absolute Gasteiger partial charge is 0.496 e. The Morgan fingerprint density at radius 2 is 2.04 bits per heavy atom. The highest BCUT2D eigenvalue weighted by Gasteiger charge is 2.32. The van der Waals surface area contributed by atoms with Gasteiger partial charge in [-0.25, -0.2) is 0 Å². The van der Waals surface area contributed by atoms with Crippen LogP contribution in [0.25, 0.3) is 6.08 Å². The number of ether oxygens (including phenoxy) is 1. The van der Waals surface area contributed by atoms with Crippen molar-refractivity contribution in [3.8, 4) is 5.75 Å². The summed E-state index contributed by atoms with van der Waals surface area (Å²) in [5.74, 6) is 0.860. The molecular weight excluding hydrogens is 330 g/mol. The summed E-state index contributed by atoms with van der Waals surface area (Å²) in [4.78, 5) is 28.8. The van der Waals surface area contributed by atoms with Crippen LogP contribution in [0.1, 0.15) is 24.8 Å². The first-order valence-electron chi connectivity index (χ1n) is 9.28. The molecule has 1 aromatic rings. The van der Waals surface area contributed by atoms with Gasteiger partial charge in [0.1, 0.15) is 5.75 Å². The lowest BCUT2D eigenvalue weighted by atomic mass is 10.1. The molecule has 6 heteroatoms. The zero-order valence-electron chi connectivity index (χ0n) is 15.3. The van der Waals surface area contributed by atoms with Gasteiger partial charge in [-0.15, -0.1) is 0 Å². The van der Waals surface area contributed by atoms with Gasteiger partial charge in [-0.3, -0.25) is 14.5 Å². The Bertz CT molecular complexity index is 668. The van der Waals surface area contributed by atoms with Crippen molar-refractivity contribution in [3.05, 3.63) is 35.9 Å². The zero-order valence-corrected chi connectivity index (χ0v) is 15.3. The van der Waals surface area contributed by atoms with Crippen LogP contribution in [0.2, 0.25) is 0 Å². The summed E-state index contributed by atoms with van der Waals surface area (Å²) in [5.41, 5.74) is 1.00. The molecule has 1 unspecified atom stereocenters. The number of carbonyl (C=O) groups excluding carboxylic acids is 2. The van der Waals surface area contributed by atoms with Gasteiger partial charge >= 0.3 is 0 Å². The molecule has 140 valence electrons. The third kappa shape index (κ3) is 4.43. The quantitative estimate of drug-likeness (QED) is 0.839. The van der Waals surface area contributed by atoms with Crippen molar-refractivity contribution in [1.29, 1.82) is 0 Å². The van der Waals surface area contributed by atoms with Crippen molar-refractivity contribution in [3.63, 3.8) is 0 Å². The number of piperazine rings is 1. The van der Waals surface area contributed by atoms with Gasteiger partial charge in [-0.1, -0.05) is 30.4 Å². The smallest absolute Gasteiger partial charge is 0.237 e. The maximum absolute atomic E-state index is 12.5. The Balaban J connectivity index is 1.63. The summed E-state index contributed by atoms with van der Waals surface area (Å²) in [6.07, 6.45) is 6.42. The molecule has 2 saturated heterocycles. The van der Waals surface area contributed by atoms with E-state index in [1.165, 1.54) is 0 Å². The molecule has 2 fully saturated rings. The van der Waals surface area contributed by atoms with Crippen molar-refractivity contribution in [2.45, 2.75) is 25.3 Å². The minimum atomic E-state index is -0.390. The van der Waals surface area contributed by atoms with Crippen molar-refractivity contribution in [2.24, 2.45) is 0 Å². The predicted molar refractivity (Wildman–Crippen MR) is 101 cm³/mol. The summed E-state index contributed by atoms with van der Waals surface area (Å²) in [6.45, 7) is 3.64. The number of amides is 2. The lowest BCUT2D eigenvalue weighted by molar-refractivity contribution is -0.138. The second-order valence-electron chi connectivity index (χ2n) is 6.74. The molecule has 1 N–H and O–H groups in total. The van der Waals surface area contributed by atoms with E-state index in [0.29, 0.717) is 13.1 Å². The van der Waals surface area contributed by atoms with Gasteiger partial charge in [0.2, 0.25) is 11.8 Å². The summed E-state index contributed by atoms with van der Waals surface area (Å²) < 4.78 is 5.36. The maximum atomic E-state index is 12.5. The SMILES string of the molecule is COc1ccccc1C=CCN1CCNC(=O)C1CC(=O)N1CCCC1. The van der Waals surface area contributed by atoms with Crippen LogP contribution in [0.4, 0.5) is 0 Å². The van der Waals surface area contributed by atoms with Crippen LogP contribution in [0.5, 0.6) is 5.75 Å². The molecule has 1 aromatic carbocycles. The van der Waals surface area contributed by atoms with Gasteiger partial charge in [0.05, 0.1) is 19.6 Å². The number of hydrogen-bond acceptors (Lipinski definition) is 4. The molecule has 0 spiro atoms. The lowest BCUT2D eigenvalue weighted by Crippen LogP contribution is -2.56. The number of benzene rings is 1. The number of carbonyl (C=O) groups is 2. The highest BCUT2D eigenvalue weighted by Crippen LogP contribution is 2.19. The van der Waals surface area contributed by atoms with E-state index in [0.717, 1.165) is 43.8 Å². The first kappa shape index (κ1) is 18.5. The average molecular weight is 357 g/mol. The Morgan fingerprint density at radius 3 is 2.81 bits per heavy atom. The summed E-state index contributed by atoms with van der Waals surface area (Å²) in [7, 11) is 1.65. The van der Waals surface area contributed by atoms with Crippen LogP contribution in [0.15, 0.2) is 30.3 Å². The minimum absolute atomic E-state index is 0.0468. The minimum Gasteiger partial charge on any atom is -0.496 e. The van der Waals surface area contributed by atoms with Gasteiger partial charge in [0.25, 0.3) is 0 Å². The molecule has 1 atom stereocenters. The molecule has 6 nitrogen and oxygen atoms in total. The van der Waals surface area contributed by atoms with E-state index in [4.69, 9.17) is 4.74 Å². The summed E-state index contributed by atoms with van der Waals surface area (Å²) in [6, 6.07) is 7.43. The maximum Gasteiger partial charge on any atom is 0.237 e. The first-order chi connectivity index (χ1) is 12.7. The van der Waals surface area contributed by atoms with E-state index in [2.05, 4.69) is 10.2 Å². The number of hydrogen-bond donors (Lipinski definition) is 1. The van der Waals surface area contributed by atoms with Crippen molar-refractivity contribution >= 4 is 17.9 Å². The fourth-order valence-electron chi connectivity index (χ4n) is 3.58. The molecular formula is C20H27N3O3. The molecule has 0 aromatic heterocycles. The standard InChI is InChI=1S/C20H27N3O3/c1-26-18-9-3-2-7-16(18)8-6-13-22-14-10-21-20(25)17(22)15-19(24)23-11-4-5-12-23/h2-3,6-9,17H,4-5,10-15H2,1H3,(H,21,25). The molecule has 0 bridgehead atoms. The monoisotopic (exact) mass is 357 g/mol. The molecule has 0 radical (unpaired) electrons. The predicted octanol–water partition coefficient (Wildman–Crippen LogP) is 1.52. The average Bonchev–Trinajstić information content (AvgIpc) is 3.19. The van der Waals surface area contributed by atoms with E-state index >= 15 is 0 Å². The molecule has 0 aliphatic carbocycles. The molecule has 2 aliphatic heterocycles. The Kier molecular flexibility index (Phi) is 6.28. The Labute approximate surface area is 154 Å².